The lowest BCUT2D eigenvalue weighted by Crippen LogP contribution is -2.46. The third-order valence-corrected chi connectivity index (χ3v) is 6.04. The van der Waals surface area contributed by atoms with E-state index in [1.54, 1.807) is 36.1 Å². The highest BCUT2D eigenvalue weighted by Gasteiger charge is 2.31. The van der Waals surface area contributed by atoms with Crippen LogP contribution in [0.4, 0.5) is 11.4 Å². The Labute approximate surface area is 212 Å². The van der Waals surface area contributed by atoms with Crippen LogP contribution in [0.5, 0.6) is 11.5 Å². The van der Waals surface area contributed by atoms with Crippen molar-refractivity contribution in [1.29, 1.82) is 0 Å². The van der Waals surface area contributed by atoms with Crippen LogP contribution in [0.2, 0.25) is 0 Å². The molecule has 6 nitrogen and oxygen atoms in total. The van der Waals surface area contributed by atoms with Gasteiger partial charge in [0.15, 0.2) is 6.10 Å². The fourth-order valence-corrected chi connectivity index (χ4v) is 4.03. The minimum absolute atomic E-state index is 0.126. The van der Waals surface area contributed by atoms with Crippen molar-refractivity contribution in [2.24, 2.45) is 0 Å². The second-order valence-electron chi connectivity index (χ2n) is 9.24. The van der Waals surface area contributed by atoms with Gasteiger partial charge in [0.1, 0.15) is 18.1 Å². The van der Waals surface area contributed by atoms with Gasteiger partial charge in [0.2, 0.25) is 5.91 Å². The Morgan fingerprint density at radius 3 is 2.61 bits per heavy atom. The monoisotopic (exact) mass is 484 g/mol. The number of nitrogens with one attached hydrogen (secondary N) is 1. The van der Waals surface area contributed by atoms with Gasteiger partial charge in [-0.2, -0.15) is 0 Å². The summed E-state index contributed by atoms with van der Waals surface area (Å²) in [5.74, 6) is 1.41. The van der Waals surface area contributed by atoms with Crippen molar-refractivity contribution in [2.75, 3.05) is 23.4 Å². The van der Waals surface area contributed by atoms with Gasteiger partial charge >= 0.3 is 0 Å². The zero-order chi connectivity index (χ0) is 25.7. The van der Waals surface area contributed by atoms with Gasteiger partial charge in [0, 0.05) is 17.8 Å². The van der Waals surface area contributed by atoms with Crippen LogP contribution < -0.4 is 19.7 Å². The molecule has 0 aromatic heterocycles. The van der Waals surface area contributed by atoms with E-state index in [0.717, 1.165) is 16.9 Å². The summed E-state index contributed by atoms with van der Waals surface area (Å²) in [5, 5.41) is 2.87. The molecule has 2 amide bonds. The summed E-state index contributed by atoms with van der Waals surface area (Å²) in [6.07, 6.45) is 2.66. The van der Waals surface area contributed by atoms with Gasteiger partial charge in [-0.05, 0) is 66.8 Å². The maximum atomic E-state index is 12.8. The minimum Gasteiger partial charge on any atom is -0.492 e. The molecule has 1 aliphatic rings. The van der Waals surface area contributed by atoms with Gasteiger partial charge < -0.3 is 19.7 Å². The fraction of sp³-hybridized carbons (Fsp3) is 0.267. The lowest BCUT2D eigenvalue weighted by Gasteiger charge is -2.33. The number of anilines is 2. The van der Waals surface area contributed by atoms with E-state index in [4.69, 9.17) is 9.47 Å². The molecule has 36 heavy (non-hydrogen) atoms. The molecule has 0 bridgehead atoms. The van der Waals surface area contributed by atoms with Gasteiger partial charge in [-0.1, -0.05) is 50.2 Å². The maximum Gasteiger partial charge on any atom is 0.267 e. The molecule has 0 spiro atoms. The Morgan fingerprint density at radius 2 is 1.89 bits per heavy atom. The lowest BCUT2D eigenvalue weighted by molar-refractivity contribution is -0.125. The fourth-order valence-electron chi connectivity index (χ4n) is 4.03. The molecule has 1 heterocycles. The number of rotatable bonds is 8. The van der Waals surface area contributed by atoms with Gasteiger partial charge in [0.05, 0.1) is 12.2 Å². The number of hydrogen-bond donors (Lipinski definition) is 1. The summed E-state index contributed by atoms with van der Waals surface area (Å²) in [6.45, 7) is 8.76. The summed E-state index contributed by atoms with van der Waals surface area (Å²) in [6, 6.07) is 21.3. The third kappa shape index (κ3) is 6.13. The van der Waals surface area contributed by atoms with Crippen LogP contribution in [0.3, 0.4) is 0 Å². The molecule has 0 saturated heterocycles. The second kappa shape index (κ2) is 11.1. The standard InChI is InChI=1S/C30H32N2O4/c1-20(2)24-11-8-23(9-12-24)10-15-29(33)31-25-13-14-27-28(19-25)36-22(4)30(34)32(27)16-17-35-26-7-5-6-21(3)18-26/h5-15,18-20,22H,16-17H2,1-4H3,(H,31,33)/b15-10+. The van der Waals surface area contributed by atoms with E-state index >= 15 is 0 Å². The van der Waals surface area contributed by atoms with Crippen molar-refractivity contribution >= 4 is 29.3 Å². The molecule has 3 aromatic carbocycles. The van der Waals surface area contributed by atoms with Crippen LogP contribution in [0.1, 0.15) is 43.4 Å². The first-order valence-corrected chi connectivity index (χ1v) is 12.2. The molecule has 1 unspecified atom stereocenters. The SMILES string of the molecule is Cc1cccc(OCCN2C(=O)C(C)Oc3cc(NC(=O)/C=C/c4ccc(C(C)C)cc4)ccc32)c1. The van der Waals surface area contributed by atoms with Gasteiger partial charge in [-0.3, -0.25) is 9.59 Å². The average molecular weight is 485 g/mol. The number of carbonyl (C=O) groups excluding carboxylic acids is 2. The number of aryl methyl sites for hydroxylation is 1. The molecule has 0 fully saturated rings. The van der Waals surface area contributed by atoms with Crippen LogP contribution in [0, 0.1) is 6.92 Å². The molecule has 4 rings (SSSR count). The predicted octanol–water partition coefficient (Wildman–Crippen LogP) is 5.96. The van der Waals surface area contributed by atoms with Crippen LogP contribution in [-0.4, -0.2) is 31.1 Å². The molecular weight excluding hydrogens is 452 g/mol. The molecule has 3 aromatic rings. The predicted molar refractivity (Wildman–Crippen MR) is 144 cm³/mol. The molecule has 0 aliphatic carbocycles. The largest absolute Gasteiger partial charge is 0.492 e. The van der Waals surface area contributed by atoms with Crippen LogP contribution in [0.15, 0.2) is 72.8 Å². The third-order valence-electron chi connectivity index (χ3n) is 6.04. The Bertz CT molecular complexity index is 1260. The van der Waals surface area contributed by atoms with Crippen LogP contribution >= 0.6 is 0 Å². The average Bonchev–Trinajstić information content (AvgIpc) is 2.85. The number of amides is 2. The number of ether oxygens (including phenoxy) is 2. The first kappa shape index (κ1) is 25.0. The van der Waals surface area contributed by atoms with E-state index in [0.29, 0.717) is 36.2 Å². The highest BCUT2D eigenvalue weighted by molar-refractivity contribution is 6.03. The van der Waals surface area contributed by atoms with E-state index < -0.39 is 6.10 Å². The maximum absolute atomic E-state index is 12.8. The summed E-state index contributed by atoms with van der Waals surface area (Å²) >= 11 is 0. The number of hydrogen-bond acceptors (Lipinski definition) is 4. The number of nitrogens with zero attached hydrogens (tertiary/aromatic N) is 1. The van der Waals surface area contributed by atoms with Crippen molar-refractivity contribution in [1.82, 2.24) is 0 Å². The molecule has 0 saturated carbocycles. The highest BCUT2D eigenvalue weighted by atomic mass is 16.5. The quantitative estimate of drug-likeness (QED) is 0.401. The molecule has 1 atom stereocenters. The minimum atomic E-state index is -0.629. The first-order chi connectivity index (χ1) is 17.3. The number of fused-ring (bicyclic) bond motifs is 1. The topological polar surface area (TPSA) is 67.9 Å². The van der Waals surface area contributed by atoms with E-state index in [-0.39, 0.29) is 11.8 Å². The van der Waals surface area contributed by atoms with Gasteiger partial charge in [0.25, 0.3) is 5.91 Å². The highest BCUT2D eigenvalue weighted by Crippen LogP contribution is 2.36. The van der Waals surface area contributed by atoms with Crippen LogP contribution in [-0.2, 0) is 9.59 Å². The van der Waals surface area contributed by atoms with Crippen molar-refractivity contribution < 1.29 is 19.1 Å². The zero-order valence-electron chi connectivity index (χ0n) is 21.2. The summed E-state index contributed by atoms with van der Waals surface area (Å²) < 4.78 is 11.7. The van der Waals surface area contributed by atoms with Gasteiger partial charge in [-0.25, -0.2) is 0 Å². The first-order valence-electron chi connectivity index (χ1n) is 12.2. The Morgan fingerprint density at radius 1 is 1.11 bits per heavy atom. The van der Waals surface area contributed by atoms with Crippen molar-refractivity contribution in [3.63, 3.8) is 0 Å². The Balaban J connectivity index is 1.40. The number of benzene rings is 3. The molecule has 1 N–H and O–H groups in total. The summed E-state index contributed by atoms with van der Waals surface area (Å²) in [5.41, 5.74) is 4.58. The number of carbonyl (C=O) groups is 2. The normalized spacial score (nSPS) is 15.1. The van der Waals surface area contributed by atoms with Crippen LogP contribution in [0.25, 0.3) is 6.08 Å². The second-order valence-corrected chi connectivity index (χ2v) is 9.24. The Kier molecular flexibility index (Phi) is 7.74. The zero-order valence-corrected chi connectivity index (χ0v) is 21.2. The smallest absolute Gasteiger partial charge is 0.267 e. The van der Waals surface area contributed by atoms with Crippen molar-refractivity contribution in [2.45, 2.75) is 39.7 Å². The molecular formula is C30H32N2O4. The van der Waals surface area contributed by atoms with Gasteiger partial charge in [-0.15, -0.1) is 0 Å². The van der Waals surface area contributed by atoms with Crippen molar-refractivity contribution in [3.05, 3.63) is 89.5 Å². The summed E-state index contributed by atoms with van der Waals surface area (Å²) in [4.78, 5) is 27.0. The molecule has 186 valence electrons. The Hall–Kier alpha value is -4.06. The summed E-state index contributed by atoms with van der Waals surface area (Å²) in [7, 11) is 0. The van der Waals surface area contributed by atoms with E-state index in [2.05, 4.69) is 31.3 Å². The molecule has 1 aliphatic heterocycles. The van der Waals surface area contributed by atoms with E-state index in [1.807, 2.05) is 43.3 Å². The lowest BCUT2D eigenvalue weighted by atomic mass is 10.0. The van der Waals surface area contributed by atoms with E-state index in [9.17, 15) is 9.59 Å². The molecule has 0 radical (unpaired) electrons. The molecule has 6 heteroatoms. The van der Waals surface area contributed by atoms with E-state index in [1.165, 1.54) is 11.6 Å². The van der Waals surface area contributed by atoms with Crippen molar-refractivity contribution in [3.8, 4) is 11.5 Å².